The van der Waals surface area contributed by atoms with Crippen molar-refractivity contribution in [2.24, 2.45) is 4.99 Å². The smallest absolute Gasteiger partial charge is 0.347 e. The fourth-order valence-electron chi connectivity index (χ4n) is 2.89. The number of benzene rings is 1. The van der Waals surface area contributed by atoms with Crippen molar-refractivity contribution in [2.45, 2.75) is 6.92 Å². The second kappa shape index (κ2) is 9.02. The molecule has 30 heavy (non-hydrogen) atoms. The molecule has 0 atom stereocenters. The van der Waals surface area contributed by atoms with Crippen molar-refractivity contribution in [3.05, 3.63) is 64.5 Å². The molecular weight excluding hydrogens is 429 g/mol. The van der Waals surface area contributed by atoms with Gasteiger partial charge in [-0.1, -0.05) is 23.7 Å². The lowest BCUT2D eigenvalue weighted by Gasteiger charge is -2.07. The first-order valence-corrected chi connectivity index (χ1v) is 9.22. The normalized spacial score (nSPS) is 13.1. The van der Waals surface area contributed by atoms with E-state index in [-0.39, 0.29) is 42.0 Å². The quantitative estimate of drug-likeness (QED) is 0.493. The van der Waals surface area contributed by atoms with Crippen LogP contribution in [0.3, 0.4) is 0 Å². The molecule has 0 fully saturated rings. The van der Waals surface area contributed by atoms with E-state index >= 15 is 0 Å². The molecule has 1 aromatic carbocycles. The number of carbonyl (C=O) groups excluding carboxylic acids is 1. The van der Waals surface area contributed by atoms with Gasteiger partial charge in [0.05, 0.1) is 17.3 Å². The number of nitrogens with zero attached hydrogens (tertiary/aromatic N) is 2. The molecule has 1 aliphatic rings. The Labute approximate surface area is 183 Å². The number of aliphatic imine (C=N–C) groups is 1. The van der Waals surface area contributed by atoms with E-state index in [1.54, 1.807) is 55.7 Å². The van der Waals surface area contributed by atoms with Crippen molar-refractivity contribution in [3.63, 3.8) is 0 Å². The molecule has 9 heteroatoms. The number of aromatic nitrogens is 1. The van der Waals surface area contributed by atoms with Crippen LogP contribution in [0.25, 0.3) is 11.6 Å². The molecule has 2 aromatic heterocycles. The molecule has 154 valence electrons. The molecule has 2 N–H and O–H groups in total. The van der Waals surface area contributed by atoms with Crippen LogP contribution in [0.4, 0.5) is 17.4 Å². The first kappa shape index (κ1) is 21.4. The molecule has 0 saturated heterocycles. The third-order valence-electron chi connectivity index (χ3n) is 4.22. The highest BCUT2D eigenvalue weighted by atomic mass is 35.5. The van der Waals surface area contributed by atoms with Gasteiger partial charge < -0.3 is 19.6 Å². The van der Waals surface area contributed by atoms with Crippen LogP contribution in [0.2, 0.25) is 5.02 Å². The summed E-state index contributed by atoms with van der Waals surface area (Å²) in [6.45, 7) is 1.83. The number of fused-ring (bicyclic) bond motifs is 1. The average Bonchev–Trinajstić information content (AvgIpc) is 3.25. The van der Waals surface area contributed by atoms with Crippen LogP contribution >= 0.6 is 24.0 Å². The number of furan rings is 1. The average molecular weight is 446 g/mol. The molecule has 0 spiro atoms. The van der Waals surface area contributed by atoms with E-state index in [9.17, 15) is 9.90 Å². The minimum atomic E-state index is -0.713. The first-order valence-electron chi connectivity index (χ1n) is 8.84. The van der Waals surface area contributed by atoms with Gasteiger partial charge in [0.25, 0.3) is 0 Å². The van der Waals surface area contributed by atoms with E-state index in [0.29, 0.717) is 22.1 Å². The molecule has 0 unspecified atom stereocenters. The summed E-state index contributed by atoms with van der Waals surface area (Å²) in [7, 11) is 0. The van der Waals surface area contributed by atoms with Crippen molar-refractivity contribution in [2.75, 3.05) is 11.9 Å². The van der Waals surface area contributed by atoms with Gasteiger partial charge in [0.2, 0.25) is 5.88 Å². The van der Waals surface area contributed by atoms with Gasteiger partial charge in [-0.3, -0.25) is 0 Å². The number of halogens is 2. The zero-order chi connectivity index (χ0) is 20.4. The maximum atomic E-state index is 12.4. The third kappa shape index (κ3) is 4.03. The Kier molecular flexibility index (Phi) is 6.44. The maximum Gasteiger partial charge on any atom is 0.347 e. The highest BCUT2D eigenvalue weighted by molar-refractivity contribution is 6.33. The van der Waals surface area contributed by atoms with Crippen LogP contribution in [0, 0.1) is 0 Å². The Bertz CT molecular complexity index is 1150. The van der Waals surface area contributed by atoms with Gasteiger partial charge >= 0.3 is 5.97 Å². The second-order valence-electron chi connectivity index (χ2n) is 6.08. The van der Waals surface area contributed by atoms with E-state index in [0.717, 1.165) is 5.56 Å². The molecule has 7 nitrogen and oxygen atoms in total. The number of rotatable bonds is 5. The Morgan fingerprint density at radius 3 is 2.87 bits per heavy atom. The topological polar surface area (TPSA) is 97.0 Å². The maximum absolute atomic E-state index is 12.4. The lowest BCUT2D eigenvalue weighted by molar-refractivity contribution is 0.0524. The van der Waals surface area contributed by atoms with Gasteiger partial charge in [-0.25, -0.2) is 14.8 Å². The van der Waals surface area contributed by atoms with E-state index < -0.39 is 5.97 Å². The fourth-order valence-corrected chi connectivity index (χ4v) is 3.07. The predicted molar refractivity (Wildman–Crippen MR) is 119 cm³/mol. The van der Waals surface area contributed by atoms with Crippen LogP contribution in [-0.4, -0.2) is 28.9 Å². The van der Waals surface area contributed by atoms with Gasteiger partial charge in [-0.2, -0.15) is 0 Å². The van der Waals surface area contributed by atoms with E-state index in [1.807, 2.05) is 6.07 Å². The van der Waals surface area contributed by atoms with Gasteiger partial charge in [0.15, 0.2) is 22.9 Å². The van der Waals surface area contributed by atoms with Crippen LogP contribution in [0.1, 0.15) is 28.6 Å². The predicted octanol–water partition coefficient (Wildman–Crippen LogP) is 5.63. The molecule has 0 aliphatic carbocycles. The fraction of sp³-hybridized carbons (Fsp3) is 0.0952. The van der Waals surface area contributed by atoms with Gasteiger partial charge in [-0.05, 0) is 37.3 Å². The monoisotopic (exact) mass is 445 g/mol. The minimum Gasteiger partial charge on any atom is -0.504 e. The Morgan fingerprint density at radius 1 is 1.30 bits per heavy atom. The SMILES string of the molecule is CCOC(=O)c1c(Nc2ccccc2Cl)oc(C=C2C=Nc3ncccc32)c1O.Cl. The molecular formula is C21H17Cl2N3O4. The lowest BCUT2D eigenvalue weighted by atomic mass is 10.1. The van der Waals surface area contributed by atoms with Crippen molar-refractivity contribution >= 4 is 65.2 Å². The number of hydrogen-bond acceptors (Lipinski definition) is 7. The standard InChI is InChI=1S/C21H16ClN3O4.ClH/c1-2-28-21(27)17-18(26)16(10-12-11-24-19-13(12)6-5-9-23-19)29-20(17)25-15-8-4-3-7-14(15)22;/h3-11,25-26H,2H2,1H3;1H. The number of anilines is 2. The Morgan fingerprint density at radius 2 is 2.10 bits per heavy atom. The molecule has 0 saturated carbocycles. The minimum absolute atomic E-state index is 0. The number of nitrogens with one attached hydrogen (secondary N) is 1. The molecule has 0 bridgehead atoms. The van der Waals surface area contributed by atoms with Crippen molar-refractivity contribution in [1.29, 1.82) is 0 Å². The first-order chi connectivity index (χ1) is 14.1. The largest absolute Gasteiger partial charge is 0.504 e. The molecule has 1 aliphatic heterocycles. The number of ether oxygens (including phenoxy) is 1. The van der Waals surface area contributed by atoms with Crippen molar-refractivity contribution in [1.82, 2.24) is 4.98 Å². The summed E-state index contributed by atoms with van der Waals surface area (Å²) in [6.07, 6.45) is 4.85. The van der Waals surface area contributed by atoms with Crippen molar-refractivity contribution in [3.8, 4) is 5.75 Å². The van der Waals surface area contributed by atoms with Crippen LogP contribution < -0.4 is 5.32 Å². The van der Waals surface area contributed by atoms with Crippen LogP contribution in [0.15, 0.2) is 52.0 Å². The molecule has 0 amide bonds. The Balaban J connectivity index is 0.00000256. The van der Waals surface area contributed by atoms with Gasteiger partial charge in [0, 0.05) is 23.5 Å². The summed E-state index contributed by atoms with van der Waals surface area (Å²) >= 11 is 6.19. The van der Waals surface area contributed by atoms with Gasteiger partial charge in [-0.15, -0.1) is 12.4 Å². The number of esters is 1. The molecule has 3 aromatic rings. The summed E-state index contributed by atoms with van der Waals surface area (Å²) in [6, 6.07) is 10.6. The van der Waals surface area contributed by atoms with E-state index in [4.69, 9.17) is 20.8 Å². The summed E-state index contributed by atoms with van der Waals surface area (Å²) in [5.74, 6) is -0.362. The van der Waals surface area contributed by atoms with E-state index in [1.165, 1.54) is 0 Å². The number of hydrogen-bond donors (Lipinski definition) is 2. The zero-order valence-corrected chi connectivity index (χ0v) is 17.3. The van der Waals surface area contributed by atoms with Gasteiger partial charge in [0.1, 0.15) is 0 Å². The zero-order valence-electron chi connectivity index (χ0n) is 15.8. The van der Waals surface area contributed by atoms with E-state index in [2.05, 4.69) is 15.3 Å². The summed E-state index contributed by atoms with van der Waals surface area (Å²) < 4.78 is 10.8. The highest BCUT2D eigenvalue weighted by Crippen LogP contribution is 2.40. The molecule has 4 rings (SSSR count). The summed E-state index contributed by atoms with van der Waals surface area (Å²) in [5, 5.41) is 14.1. The number of para-hydroxylation sites is 1. The third-order valence-corrected chi connectivity index (χ3v) is 4.55. The number of carbonyl (C=O) groups is 1. The Hall–Kier alpha value is -3.29. The number of pyridine rings is 1. The number of aromatic hydroxyl groups is 1. The van der Waals surface area contributed by atoms with Crippen LogP contribution in [-0.2, 0) is 4.74 Å². The highest BCUT2D eigenvalue weighted by Gasteiger charge is 2.27. The number of allylic oxidation sites excluding steroid dienone is 1. The van der Waals surface area contributed by atoms with Crippen LogP contribution in [0.5, 0.6) is 5.75 Å². The second-order valence-corrected chi connectivity index (χ2v) is 6.48. The lowest BCUT2D eigenvalue weighted by Crippen LogP contribution is -2.06. The summed E-state index contributed by atoms with van der Waals surface area (Å²) in [4.78, 5) is 20.8. The molecule has 0 radical (unpaired) electrons. The summed E-state index contributed by atoms with van der Waals surface area (Å²) in [5.41, 5.74) is 1.89. The van der Waals surface area contributed by atoms with Crippen molar-refractivity contribution < 1.29 is 19.1 Å². The molecule has 3 heterocycles.